The molecule has 4 heterocycles. The molecule has 2 aromatic rings. The highest BCUT2D eigenvalue weighted by Crippen LogP contribution is 2.30. The number of amides is 1. The van der Waals surface area contributed by atoms with E-state index >= 15 is 0 Å². The van der Waals surface area contributed by atoms with E-state index < -0.39 is 0 Å². The highest BCUT2D eigenvalue weighted by atomic mass is 32.1. The largest absolute Gasteiger partial charge is 0.368 e. The second kappa shape index (κ2) is 6.53. The van der Waals surface area contributed by atoms with E-state index in [2.05, 4.69) is 4.98 Å². The van der Waals surface area contributed by atoms with Gasteiger partial charge in [0.2, 0.25) is 0 Å². The van der Waals surface area contributed by atoms with Gasteiger partial charge in [-0.2, -0.15) is 0 Å². The number of aromatic nitrogens is 2. The average molecular weight is 361 g/mol. The fourth-order valence-corrected chi connectivity index (χ4v) is 4.88. The Kier molecular flexibility index (Phi) is 4.37. The molecular formula is C18H23N3O3S. The second-order valence-corrected chi connectivity index (χ2v) is 8.24. The molecule has 1 N–H and O–H groups in total. The van der Waals surface area contributed by atoms with Gasteiger partial charge in [-0.25, -0.2) is 4.98 Å². The van der Waals surface area contributed by atoms with Gasteiger partial charge in [0.25, 0.3) is 11.5 Å². The van der Waals surface area contributed by atoms with Gasteiger partial charge < -0.3 is 14.6 Å². The molecule has 0 aliphatic carbocycles. The van der Waals surface area contributed by atoms with Crippen LogP contribution < -0.4 is 5.56 Å². The van der Waals surface area contributed by atoms with Crippen LogP contribution in [0.25, 0.3) is 10.2 Å². The molecule has 0 radical (unpaired) electrons. The first-order valence-corrected chi connectivity index (χ1v) is 9.76. The van der Waals surface area contributed by atoms with Crippen molar-refractivity contribution in [3.05, 3.63) is 26.6 Å². The summed E-state index contributed by atoms with van der Waals surface area (Å²) >= 11 is 1.57. The fourth-order valence-electron chi connectivity index (χ4n) is 3.84. The van der Waals surface area contributed by atoms with Gasteiger partial charge in [0.05, 0.1) is 5.39 Å². The van der Waals surface area contributed by atoms with Gasteiger partial charge in [-0.1, -0.05) is 0 Å². The third-order valence-electron chi connectivity index (χ3n) is 5.38. The summed E-state index contributed by atoms with van der Waals surface area (Å²) in [5.74, 6) is 0.885. The number of aryl methyl sites for hydroxylation is 2. The average Bonchev–Trinajstić information content (AvgIpc) is 3.23. The van der Waals surface area contributed by atoms with Crippen molar-refractivity contribution in [1.29, 1.82) is 0 Å². The van der Waals surface area contributed by atoms with Crippen LogP contribution in [-0.4, -0.2) is 46.6 Å². The number of hydrogen-bond donors (Lipinski definition) is 1. The maximum Gasteiger partial charge on any atom is 0.259 e. The Labute approximate surface area is 150 Å². The molecule has 2 aromatic heterocycles. The number of nitrogens with one attached hydrogen (secondary N) is 1. The summed E-state index contributed by atoms with van der Waals surface area (Å²) < 4.78 is 5.54. The summed E-state index contributed by atoms with van der Waals surface area (Å²) in [7, 11) is 0. The van der Waals surface area contributed by atoms with Gasteiger partial charge in [-0.05, 0) is 45.1 Å². The van der Waals surface area contributed by atoms with E-state index in [1.807, 2.05) is 18.7 Å². The summed E-state index contributed by atoms with van der Waals surface area (Å²) in [6.07, 6.45) is 3.35. The van der Waals surface area contributed by atoms with Crippen molar-refractivity contribution in [1.82, 2.24) is 14.9 Å². The standard InChI is InChI=1S/C18H23N3O3S/c1-10-11(2)25-17-14(10)16(22)19-15(20-17)12-5-3-7-21(9-12)18(23)13-6-4-8-24-13/h12-13H,3-9H2,1-2H3,(H,19,20,22)/t12-,13+/m0/s1. The van der Waals surface area contributed by atoms with E-state index in [0.717, 1.165) is 47.5 Å². The third-order valence-corrected chi connectivity index (χ3v) is 6.48. The molecule has 2 atom stereocenters. The molecule has 2 saturated heterocycles. The van der Waals surface area contributed by atoms with Crippen molar-refractivity contribution in [2.24, 2.45) is 0 Å². The molecule has 2 aliphatic heterocycles. The first-order chi connectivity index (χ1) is 12.0. The van der Waals surface area contributed by atoms with E-state index in [1.54, 1.807) is 11.3 Å². The molecule has 0 unspecified atom stereocenters. The van der Waals surface area contributed by atoms with E-state index in [9.17, 15) is 9.59 Å². The normalized spacial score (nSPS) is 24.2. The summed E-state index contributed by atoms with van der Waals surface area (Å²) in [6.45, 7) is 6.03. The molecule has 0 saturated carbocycles. The van der Waals surface area contributed by atoms with Crippen molar-refractivity contribution in [2.75, 3.05) is 19.7 Å². The van der Waals surface area contributed by atoms with Gasteiger partial charge in [-0.15, -0.1) is 11.3 Å². The van der Waals surface area contributed by atoms with Crippen molar-refractivity contribution in [3.8, 4) is 0 Å². The second-order valence-electron chi connectivity index (χ2n) is 7.04. The van der Waals surface area contributed by atoms with Crippen LogP contribution in [0.3, 0.4) is 0 Å². The Bertz CT molecular complexity index is 866. The Hall–Kier alpha value is -1.73. The molecule has 7 heteroatoms. The number of nitrogens with zero attached hydrogens (tertiary/aromatic N) is 2. The first-order valence-electron chi connectivity index (χ1n) is 8.95. The zero-order chi connectivity index (χ0) is 17.6. The smallest absolute Gasteiger partial charge is 0.259 e. The molecule has 25 heavy (non-hydrogen) atoms. The summed E-state index contributed by atoms with van der Waals surface area (Å²) in [4.78, 5) is 36.6. The molecule has 0 aromatic carbocycles. The fraction of sp³-hybridized carbons (Fsp3) is 0.611. The Morgan fingerprint density at radius 2 is 2.16 bits per heavy atom. The van der Waals surface area contributed by atoms with E-state index in [0.29, 0.717) is 24.4 Å². The number of ether oxygens (including phenoxy) is 1. The monoisotopic (exact) mass is 361 g/mol. The number of aromatic amines is 1. The van der Waals surface area contributed by atoms with Crippen molar-refractivity contribution in [3.63, 3.8) is 0 Å². The predicted octanol–water partition coefficient (Wildman–Crippen LogP) is 2.49. The number of thiophene rings is 1. The lowest BCUT2D eigenvalue weighted by Crippen LogP contribution is -2.44. The lowest BCUT2D eigenvalue weighted by atomic mass is 9.96. The van der Waals surface area contributed by atoms with Gasteiger partial charge >= 0.3 is 0 Å². The Morgan fingerprint density at radius 1 is 1.32 bits per heavy atom. The number of rotatable bonds is 2. The first kappa shape index (κ1) is 16.7. The zero-order valence-electron chi connectivity index (χ0n) is 14.6. The van der Waals surface area contributed by atoms with E-state index in [1.165, 1.54) is 0 Å². The van der Waals surface area contributed by atoms with Gasteiger partial charge in [0.15, 0.2) is 0 Å². The van der Waals surface area contributed by atoms with E-state index in [-0.39, 0.29) is 23.5 Å². The number of carbonyl (C=O) groups is 1. The van der Waals surface area contributed by atoms with Crippen LogP contribution >= 0.6 is 11.3 Å². The Balaban J connectivity index is 1.60. The minimum Gasteiger partial charge on any atom is -0.368 e. The zero-order valence-corrected chi connectivity index (χ0v) is 15.4. The van der Waals surface area contributed by atoms with Crippen molar-refractivity contribution < 1.29 is 9.53 Å². The molecule has 4 rings (SSSR count). The molecule has 1 amide bonds. The third kappa shape index (κ3) is 3.00. The van der Waals surface area contributed by atoms with Crippen LogP contribution in [0.15, 0.2) is 4.79 Å². The predicted molar refractivity (Wildman–Crippen MR) is 97.2 cm³/mol. The van der Waals surface area contributed by atoms with Crippen LogP contribution in [-0.2, 0) is 9.53 Å². The number of carbonyl (C=O) groups excluding carboxylic acids is 1. The molecule has 0 bridgehead atoms. The molecule has 134 valence electrons. The minimum atomic E-state index is -0.282. The highest BCUT2D eigenvalue weighted by Gasteiger charge is 2.32. The maximum atomic E-state index is 12.6. The highest BCUT2D eigenvalue weighted by molar-refractivity contribution is 7.18. The molecule has 2 aliphatic rings. The molecule has 0 spiro atoms. The summed E-state index contributed by atoms with van der Waals surface area (Å²) in [5, 5.41) is 0.703. The number of likely N-dealkylation sites (tertiary alicyclic amines) is 1. The topological polar surface area (TPSA) is 75.3 Å². The van der Waals surface area contributed by atoms with E-state index in [4.69, 9.17) is 9.72 Å². The SMILES string of the molecule is Cc1sc2nc([C@H]3CCCN(C(=O)[C@H]4CCCO4)C3)[nH]c(=O)c2c1C. The summed E-state index contributed by atoms with van der Waals surface area (Å²) in [5.41, 5.74) is 0.948. The number of piperidine rings is 1. The molecule has 6 nitrogen and oxygen atoms in total. The van der Waals surface area contributed by atoms with Gasteiger partial charge in [0, 0.05) is 30.5 Å². The molecule has 2 fully saturated rings. The maximum absolute atomic E-state index is 12.6. The van der Waals surface area contributed by atoms with Crippen LogP contribution in [0.4, 0.5) is 0 Å². The van der Waals surface area contributed by atoms with Crippen LogP contribution in [0.5, 0.6) is 0 Å². The summed E-state index contributed by atoms with van der Waals surface area (Å²) in [6, 6.07) is 0. The van der Waals surface area contributed by atoms with Gasteiger partial charge in [-0.3, -0.25) is 9.59 Å². The lowest BCUT2D eigenvalue weighted by molar-refractivity contribution is -0.142. The minimum absolute atomic E-state index is 0.0653. The number of hydrogen-bond acceptors (Lipinski definition) is 5. The van der Waals surface area contributed by atoms with Gasteiger partial charge in [0.1, 0.15) is 16.8 Å². The van der Waals surface area contributed by atoms with Crippen LogP contribution in [0.1, 0.15) is 47.9 Å². The Morgan fingerprint density at radius 3 is 2.92 bits per heavy atom. The molecular weight excluding hydrogens is 338 g/mol. The van der Waals surface area contributed by atoms with Crippen LogP contribution in [0, 0.1) is 13.8 Å². The quantitative estimate of drug-likeness (QED) is 0.892. The van der Waals surface area contributed by atoms with Crippen molar-refractivity contribution in [2.45, 2.75) is 51.6 Å². The van der Waals surface area contributed by atoms with Crippen LogP contribution in [0.2, 0.25) is 0 Å². The number of fused-ring (bicyclic) bond motifs is 1. The number of H-pyrrole nitrogens is 1. The van der Waals surface area contributed by atoms with Crippen molar-refractivity contribution >= 4 is 27.5 Å². The lowest BCUT2D eigenvalue weighted by Gasteiger charge is -2.33.